The maximum Gasteiger partial charge on any atom is 0.0773 e. The van der Waals surface area contributed by atoms with Gasteiger partial charge in [0.15, 0.2) is 0 Å². The Hall–Kier alpha value is -1.78. The summed E-state index contributed by atoms with van der Waals surface area (Å²) in [6.45, 7) is 4.08. The van der Waals surface area contributed by atoms with E-state index in [0.29, 0.717) is 0 Å². The summed E-state index contributed by atoms with van der Waals surface area (Å²) in [4.78, 5) is 8.63. The SMILES string of the molecule is CCc1ccc(CC(NN)c2cnc(C)cn2)cc1. The van der Waals surface area contributed by atoms with Crippen molar-refractivity contribution in [1.82, 2.24) is 15.4 Å². The maximum atomic E-state index is 5.63. The molecule has 0 radical (unpaired) electrons. The van der Waals surface area contributed by atoms with Crippen LogP contribution in [0, 0.1) is 6.92 Å². The molecule has 2 aromatic rings. The van der Waals surface area contributed by atoms with E-state index in [9.17, 15) is 0 Å². The second-order valence-corrected chi connectivity index (χ2v) is 4.68. The van der Waals surface area contributed by atoms with Gasteiger partial charge in [-0.15, -0.1) is 0 Å². The Morgan fingerprint density at radius 2 is 1.79 bits per heavy atom. The van der Waals surface area contributed by atoms with Gasteiger partial charge in [0.2, 0.25) is 0 Å². The molecule has 1 aromatic carbocycles. The van der Waals surface area contributed by atoms with Crippen molar-refractivity contribution in [3.8, 4) is 0 Å². The van der Waals surface area contributed by atoms with E-state index >= 15 is 0 Å². The molecule has 100 valence electrons. The molecule has 0 spiro atoms. The Balaban J connectivity index is 2.11. The van der Waals surface area contributed by atoms with Crippen LogP contribution in [-0.2, 0) is 12.8 Å². The van der Waals surface area contributed by atoms with Gasteiger partial charge in [0, 0.05) is 6.20 Å². The van der Waals surface area contributed by atoms with Crippen molar-refractivity contribution in [2.24, 2.45) is 5.84 Å². The molecule has 0 bridgehead atoms. The molecule has 19 heavy (non-hydrogen) atoms. The zero-order chi connectivity index (χ0) is 13.7. The lowest BCUT2D eigenvalue weighted by Crippen LogP contribution is -2.30. The molecule has 2 rings (SSSR count). The number of hydrogen-bond donors (Lipinski definition) is 2. The predicted octanol–water partition coefficient (Wildman–Crippen LogP) is 2.09. The summed E-state index contributed by atoms with van der Waals surface area (Å²) in [6.07, 6.45) is 5.40. The van der Waals surface area contributed by atoms with E-state index < -0.39 is 0 Å². The van der Waals surface area contributed by atoms with Crippen LogP contribution in [0.3, 0.4) is 0 Å². The fraction of sp³-hybridized carbons (Fsp3) is 0.333. The van der Waals surface area contributed by atoms with Gasteiger partial charge in [-0.2, -0.15) is 0 Å². The molecule has 1 unspecified atom stereocenters. The normalized spacial score (nSPS) is 12.4. The summed E-state index contributed by atoms with van der Waals surface area (Å²) in [5, 5.41) is 0. The first kappa shape index (κ1) is 13.6. The molecule has 0 aliphatic carbocycles. The minimum Gasteiger partial charge on any atom is -0.271 e. The average Bonchev–Trinajstić information content (AvgIpc) is 2.46. The van der Waals surface area contributed by atoms with Crippen LogP contribution in [0.15, 0.2) is 36.7 Å². The number of hydrazine groups is 1. The van der Waals surface area contributed by atoms with Crippen LogP contribution in [0.1, 0.15) is 35.5 Å². The van der Waals surface area contributed by atoms with Gasteiger partial charge in [-0.05, 0) is 30.9 Å². The Morgan fingerprint density at radius 3 is 2.32 bits per heavy atom. The van der Waals surface area contributed by atoms with E-state index in [1.54, 1.807) is 12.4 Å². The molecular formula is C15H20N4. The third-order valence-electron chi connectivity index (χ3n) is 3.23. The third kappa shape index (κ3) is 3.59. The number of rotatable bonds is 5. The van der Waals surface area contributed by atoms with E-state index in [2.05, 4.69) is 46.6 Å². The minimum atomic E-state index is -0.0134. The molecule has 4 nitrogen and oxygen atoms in total. The number of aromatic nitrogens is 2. The lowest BCUT2D eigenvalue weighted by molar-refractivity contribution is 0.535. The number of aryl methyl sites for hydroxylation is 2. The van der Waals surface area contributed by atoms with Crippen LogP contribution in [0.2, 0.25) is 0 Å². The quantitative estimate of drug-likeness (QED) is 0.635. The lowest BCUT2D eigenvalue weighted by Gasteiger charge is -2.15. The summed E-state index contributed by atoms with van der Waals surface area (Å²) >= 11 is 0. The number of nitrogens with zero attached hydrogens (tertiary/aromatic N) is 2. The Morgan fingerprint density at radius 1 is 1.11 bits per heavy atom. The van der Waals surface area contributed by atoms with Gasteiger partial charge in [-0.1, -0.05) is 31.2 Å². The molecule has 0 amide bonds. The molecule has 0 fully saturated rings. The average molecular weight is 256 g/mol. The summed E-state index contributed by atoms with van der Waals surface area (Å²) in [7, 11) is 0. The highest BCUT2D eigenvalue weighted by Gasteiger charge is 2.12. The molecule has 1 atom stereocenters. The molecule has 3 N–H and O–H groups in total. The molecule has 0 aliphatic heterocycles. The van der Waals surface area contributed by atoms with Gasteiger partial charge >= 0.3 is 0 Å². The van der Waals surface area contributed by atoms with Crippen LogP contribution in [0.5, 0.6) is 0 Å². The Kier molecular flexibility index (Phi) is 4.60. The third-order valence-corrected chi connectivity index (χ3v) is 3.23. The number of nitrogens with one attached hydrogen (secondary N) is 1. The second-order valence-electron chi connectivity index (χ2n) is 4.68. The number of benzene rings is 1. The van der Waals surface area contributed by atoms with E-state index in [0.717, 1.165) is 24.2 Å². The summed E-state index contributed by atoms with van der Waals surface area (Å²) in [5.41, 5.74) is 7.17. The Bertz CT molecular complexity index is 505. The van der Waals surface area contributed by atoms with Crippen LogP contribution in [0.4, 0.5) is 0 Å². The Labute approximate surface area is 114 Å². The van der Waals surface area contributed by atoms with Crippen molar-refractivity contribution in [2.75, 3.05) is 0 Å². The van der Waals surface area contributed by atoms with E-state index in [4.69, 9.17) is 5.84 Å². The number of nitrogens with two attached hydrogens (primary N) is 1. The van der Waals surface area contributed by atoms with Crippen molar-refractivity contribution in [1.29, 1.82) is 0 Å². The van der Waals surface area contributed by atoms with Crippen LogP contribution in [-0.4, -0.2) is 9.97 Å². The first-order valence-electron chi connectivity index (χ1n) is 6.55. The molecular weight excluding hydrogens is 236 g/mol. The standard InChI is InChI=1S/C15H20N4/c1-3-12-4-6-13(7-5-12)8-14(19-16)15-10-17-11(2)9-18-15/h4-7,9-10,14,19H,3,8,16H2,1-2H3. The van der Waals surface area contributed by atoms with E-state index in [-0.39, 0.29) is 6.04 Å². The minimum absolute atomic E-state index is 0.0134. The lowest BCUT2D eigenvalue weighted by atomic mass is 10.0. The molecule has 1 aromatic heterocycles. The van der Waals surface area contributed by atoms with Crippen molar-refractivity contribution < 1.29 is 0 Å². The van der Waals surface area contributed by atoms with Gasteiger partial charge in [0.25, 0.3) is 0 Å². The van der Waals surface area contributed by atoms with Gasteiger partial charge in [-0.25, -0.2) is 0 Å². The summed E-state index contributed by atoms with van der Waals surface area (Å²) in [5.74, 6) is 5.63. The zero-order valence-electron chi connectivity index (χ0n) is 11.4. The van der Waals surface area contributed by atoms with E-state index in [1.807, 2.05) is 6.92 Å². The van der Waals surface area contributed by atoms with Crippen molar-refractivity contribution in [3.63, 3.8) is 0 Å². The van der Waals surface area contributed by atoms with Crippen LogP contribution < -0.4 is 11.3 Å². The molecule has 4 heteroatoms. The highest BCUT2D eigenvalue weighted by molar-refractivity contribution is 5.24. The fourth-order valence-electron chi connectivity index (χ4n) is 1.98. The smallest absolute Gasteiger partial charge is 0.0773 e. The zero-order valence-corrected chi connectivity index (χ0v) is 11.4. The van der Waals surface area contributed by atoms with Crippen molar-refractivity contribution in [3.05, 3.63) is 59.2 Å². The summed E-state index contributed by atoms with van der Waals surface area (Å²) < 4.78 is 0. The first-order chi connectivity index (χ1) is 9.22. The fourth-order valence-corrected chi connectivity index (χ4v) is 1.98. The largest absolute Gasteiger partial charge is 0.271 e. The van der Waals surface area contributed by atoms with Crippen molar-refractivity contribution >= 4 is 0 Å². The number of hydrogen-bond acceptors (Lipinski definition) is 4. The molecule has 0 saturated heterocycles. The van der Waals surface area contributed by atoms with E-state index in [1.165, 1.54) is 11.1 Å². The topological polar surface area (TPSA) is 63.8 Å². The second kappa shape index (κ2) is 6.41. The highest BCUT2D eigenvalue weighted by Crippen LogP contribution is 2.16. The predicted molar refractivity (Wildman–Crippen MR) is 76.4 cm³/mol. The van der Waals surface area contributed by atoms with Crippen LogP contribution >= 0.6 is 0 Å². The van der Waals surface area contributed by atoms with Crippen LogP contribution in [0.25, 0.3) is 0 Å². The highest BCUT2D eigenvalue weighted by atomic mass is 15.2. The van der Waals surface area contributed by atoms with Crippen molar-refractivity contribution in [2.45, 2.75) is 32.7 Å². The summed E-state index contributed by atoms with van der Waals surface area (Å²) in [6, 6.07) is 8.59. The molecule has 0 aliphatic rings. The maximum absolute atomic E-state index is 5.63. The van der Waals surface area contributed by atoms with Gasteiger partial charge in [-0.3, -0.25) is 21.2 Å². The van der Waals surface area contributed by atoms with Gasteiger partial charge in [0.1, 0.15) is 0 Å². The van der Waals surface area contributed by atoms with Gasteiger partial charge < -0.3 is 0 Å². The molecule has 0 saturated carbocycles. The monoisotopic (exact) mass is 256 g/mol. The van der Waals surface area contributed by atoms with Gasteiger partial charge in [0.05, 0.1) is 23.6 Å². The first-order valence-corrected chi connectivity index (χ1v) is 6.55. The molecule has 1 heterocycles.